The zero-order chi connectivity index (χ0) is 36.4. The third kappa shape index (κ3) is 6.17. The molecule has 0 unspecified atom stereocenters. The van der Waals surface area contributed by atoms with Gasteiger partial charge >= 0.3 is 0 Å². The van der Waals surface area contributed by atoms with Crippen LogP contribution in [-0.4, -0.2) is 9.55 Å². The molecule has 0 fully saturated rings. The average Bonchev–Trinajstić information content (AvgIpc) is 3.90. The van der Waals surface area contributed by atoms with Crippen molar-refractivity contribution in [2.45, 2.75) is 26.2 Å². The van der Waals surface area contributed by atoms with Gasteiger partial charge in [-0.2, -0.15) is 6.07 Å². The molecule has 1 aliphatic heterocycles. The number of pyridine rings is 1. The first-order valence-corrected chi connectivity index (χ1v) is 18.1. The molecule has 1 aliphatic rings. The van der Waals surface area contributed by atoms with Crippen LogP contribution in [0.2, 0.25) is 0 Å². The van der Waals surface area contributed by atoms with E-state index in [0.717, 1.165) is 77.8 Å². The van der Waals surface area contributed by atoms with Crippen LogP contribution in [0.5, 0.6) is 11.5 Å². The Labute approximate surface area is 334 Å². The number of nitrogens with zero attached hydrogens (tertiary/aromatic N) is 4. The molecule has 0 saturated heterocycles. The Morgan fingerprint density at radius 3 is 2.20 bits per heavy atom. The van der Waals surface area contributed by atoms with Crippen molar-refractivity contribution >= 4 is 60.8 Å². The molecule has 0 radical (unpaired) electrons. The molecule has 4 heterocycles. The van der Waals surface area contributed by atoms with Gasteiger partial charge in [0.1, 0.15) is 17.0 Å². The molecule has 0 spiro atoms. The topological polar surface area (TPSA) is 46.7 Å². The molecule has 9 aromatic rings. The molecule has 272 valence electrons. The number of fused-ring (bicyclic) bond motifs is 6. The Morgan fingerprint density at radius 1 is 0.673 bits per heavy atom. The minimum atomic E-state index is -0.145. The first-order chi connectivity index (χ1) is 26.4. The number of benzene rings is 6. The number of hydrogen-bond acceptors (Lipinski definition) is 5. The maximum absolute atomic E-state index is 6.70. The molecule has 3 aromatic heterocycles. The Balaban J connectivity index is 0.00000397. The van der Waals surface area contributed by atoms with E-state index in [1.54, 1.807) is 0 Å². The molecule has 0 N–H and O–H groups in total. The normalized spacial score (nSPS) is 13.2. The second-order valence-electron chi connectivity index (χ2n) is 14.7. The quantitative estimate of drug-likeness (QED) is 0.156. The van der Waals surface area contributed by atoms with Gasteiger partial charge in [0.25, 0.3) is 0 Å². The van der Waals surface area contributed by atoms with Gasteiger partial charge in [-0.15, -0.1) is 53.6 Å². The van der Waals surface area contributed by atoms with Gasteiger partial charge in [0.05, 0.1) is 0 Å². The van der Waals surface area contributed by atoms with Crippen molar-refractivity contribution in [2.75, 3.05) is 9.80 Å². The maximum atomic E-state index is 6.70. The van der Waals surface area contributed by atoms with Crippen molar-refractivity contribution in [3.8, 4) is 17.3 Å². The summed E-state index contributed by atoms with van der Waals surface area (Å²) < 4.78 is 15.1. The van der Waals surface area contributed by atoms with Gasteiger partial charge in [-0.05, 0) is 46.8 Å². The molecule has 0 bridgehead atoms. The van der Waals surface area contributed by atoms with E-state index in [1.165, 1.54) is 0 Å². The van der Waals surface area contributed by atoms with E-state index in [4.69, 9.17) is 14.1 Å². The summed E-state index contributed by atoms with van der Waals surface area (Å²) in [5.41, 5.74) is 8.65. The maximum Gasteiger partial charge on any atom is 0.140 e. The third-order valence-corrected chi connectivity index (χ3v) is 10.1. The number of hydrogen-bond donors (Lipinski definition) is 0. The molecule has 0 amide bonds. The second kappa shape index (κ2) is 13.6. The van der Waals surface area contributed by atoms with Crippen LogP contribution < -0.4 is 14.5 Å². The van der Waals surface area contributed by atoms with Crippen LogP contribution in [0.1, 0.15) is 31.9 Å². The fourth-order valence-electron chi connectivity index (χ4n) is 7.34. The van der Waals surface area contributed by atoms with E-state index >= 15 is 0 Å². The van der Waals surface area contributed by atoms with E-state index in [-0.39, 0.29) is 26.5 Å². The number of anilines is 2. The first kappa shape index (κ1) is 34.7. The fraction of sp³-hybridized carbons (Fsp3) is 0.0833. The van der Waals surface area contributed by atoms with E-state index in [1.807, 2.05) is 48.7 Å². The molecule has 10 rings (SSSR count). The predicted octanol–water partition coefficient (Wildman–Crippen LogP) is 12.2. The van der Waals surface area contributed by atoms with Crippen molar-refractivity contribution in [1.29, 1.82) is 0 Å². The van der Waals surface area contributed by atoms with Gasteiger partial charge in [-0.3, -0.25) is 0 Å². The standard InChI is InChI=1S/C48H35N4O2.Pt/c1-48(2,3)33-24-35(50-30-44(32-14-6-4-7-15-32)51(31-50)34-16-8-5-9-17-34)26-37(25-33)53-36-22-23-39-38-18-10-12-20-42(38)52(43(39)27-36)47-28-46-41(29-49-47)40-19-11-13-21-45(40)54-46;/h4-25,28-31H,1-3H3;/q-3;. The Hall–Kier alpha value is -6.10. The van der Waals surface area contributed by atoms with Crippen molar-refractivity contribution in [2.24, 2.45) is 0 Å². The number of para-hydroxylation sites is 3. The molecule has 6 aromatic carbocycles. The molecule has 0 atom stereocenters. The van der Waals surface area contributed by atoms with Crippen LogP contribution in [0.3, 0.4) is 0 Å². The van der Waals surface area contributed by atoms with Crippen LogP contribution in [0.4, 0.5) is 11.4 Å². The molecular formula is C48H35N4O2Pt-3. The number of rotatable bonds is 6. The van der Waals surface area contributed by atoms with Crippen molar-refractivity contribution < 1.29 is 30.2 Å². The summed E-state index contributed by atoms with van der Waals surface area (Å²) in [5.74, 6) is 1.94. The largest absolute Gasteiger partial charge is 0.509 e. The molecule has 0 aliphatic carbocycles. The van der Waals surface area contributed by atoms with Crippen molar-refractivity contribution in [3.63, 3.8) is 0 Å². The van der Waals surface area contributed by atoms with Crippen molar-refractivity contribution in [1.82, 2.24) is 9.55 Å². The zero-order valence-electron chi connectivity index (χ0n) is 30.4. The summed E-state index contributed by atoms with van der Waals surface area (Å²) in [4.78, 5) is 9.29. The van der Waals surface area contributed by atoms with Gasteiger partial charge < -0.3 is 23.5 Å². The minimum Gasteiger partial charge on any atom is -0.509 e. The van der Waals surface area contributed by atoms with Crippen LogP contribution in [0.15, 0.2) is 156 Å². The Bertz CT molecular complexity index is 2890. The number of ether oxygens (including phenoxy) is 1. The Morgan fingerprint density at radius 2 is 1.40 bits per heavy atom. The van der Waals surface area contributed by atoms with Gasteiger partial charge in [-0.25, -0.2) is 4.98 Å². The fourth-order valence-corrected chi connectivity index (χ4v) is 7.34. The summed E-state index contributed by atoms with van der Waals surface area (Å²) in [6.07, 6.45) is 4.06. The van der Waals surface area contributed by atoms with Gasteiger partial charge in [0.15, 0.2) is 0 Å². The summed E-state index contributed by atoms with van der Waals surface area (Å²) in [5, 5.41) is 4.21. The summed E-state index contributed by atoms with van der Waals surface area (Å²) >= 11 is 0. The minimum absolute atomic E-state index is 0. The summed E-state index contributed by atoms with van der Waals surface area (Å²) in [7, 11) is 0. The SMILES string of the molecule is CC(C)(C)c1cc(Oc2[c-]c3c(cc2)c2ccccc2n3-c2cc3oc4ccccc4c3cn2)[c-]c(N2C=C(c3ccccc3)N(c3ccccc3)[CH-]2)c1.[Pt]. The summed E-state index contributed by atoms with van der Waals surface area (Å²) in [6, 6.07) is 54.9. The van der Waals surface area contributed by atoms with Gasteiger partial charge in [0, 0.05) is 72.5 Å². The van der Waals surface area contributed by atoms with E-state index in [9.17, 15) is 0 Å². The monoisotopic (exact) mass is 894 g/mol. The Kier molecular flexibility index (Phi) is 8.59. The number of aromatic nitrogens is 2. The van der Waals surface area contributed by atoms with Crippen LogP contribution >= 0.6 is 0 Å². The average molecular weight is 895 g/mol. The summed E-state index contributed by atoms with van der Waals surface area (Å²) in [6.45, 7) is 8.76. The first-order valence-electron chi connectivity index (χ1n) is 18.1. The molecule has 55 heavy (non-hydrogen) atoms. The van der Waals surface area contributed by atoms with E-state index in [0.29, 0.717) is 11.5 Å². The van der Waals surface area contributed by atoms with Crippen LogP contribution in [0.25, 0.3) is 55.3 Å². The predicted molar refractivity (Wildman–Crippen MR) is 219 cm³/mol. The molecule has 6 nitrogen and oxygen atoms in total. The van der Waals surface area contributed by atoms with Crippen molar-refractivity contribution in [3.05, 3.63) is 182 Å². The zero-order valence-corrected chi connectivity index (χ0v) is 32.7. The number of furan rings is 1. The molecule has 0 saturated carbocycles. The smallest absolute Gasteiger partial charge is 0.140 e. The third-order valence-electron chi connectivity index (χ3n) is 10.1. The van der Waals surface area contributed by atoms with Gasteiger partial charge in [-0.1, -0.05) is 111 Å². The van der Waals surface area contributed by atoms with E-state index in [2.05, 4.69) is 157 Å². The molecular weight excluding hydrogens is 860 g/mol. The van der Waals surface area contributed by atoms with E-state index < -0.39 is 0 Å². The molecule has 7 heteroatoms. The van der Waals surface area contributed by atoms with Crippen LogP contribution in [0, 0.1) is 18.8 Å². The second-order valence-corrected chi connectivity index (χ2v) is 14.7. The van der Waals surface area contributed by atoms with Crippen LogP contribution in [-0.2, 0) is 26.5 Å². The van der Waals surface area contributed by atoms with Gasteiger partial charge in [0.2, 0.25) is 0 Å².